The van der Waals surface area contributed by atoms with Gasteiger partial charge in [0.1, 0.15) is 6.10 Å². The number of likely N-dealkylation sites (N-methyl/N-ethyl adjacent to an activating group) is 1. The molecule has 2 heterocycles. The van der Waals surface area contributed by atoms with E-state index in [0.717, 1.165) is 44.2 Å². The Morgan fingerprint density at radius 1 is 1.22 bits per heavy atom. The van der Waals surface area contributed by atoms with Gasteiger partial charge in [-0.2, -0.15) is 0 Å². The quantitative estimate of drug-likeness (QED) is 0.624. The summed E-state index contributed by atoms with van der Waals surface area (Å²) >= 11 is 0. The lowest BCUT2D eigenvalue weighted by molar-refractivity contribution is -0.194. The zero-order chi connectivity index (χ0) is 18.6. The van der Waals surface area contributed by atoms with E-state index in [0.29, 0.717) is 18.7 Å². The molecule has 5 aliphatic rings. The molecule has 0 radical (unpaired) electrons. The Morgan fingerprint density at radius 3 is 2.78 bits per heavy atom. The van der Waals surface area contributed by atoms with Gasteiger partial charge in [-0.05, 0) is 63.7 Å². The second kappa shape index (κ2) is 4.98. The van der Waals surface area contributed by atoms with Gasteiger partial charge in [0, 0.05) is 24.2 Å². The summed E-state index contributed by atoms with van der Waals surface area (Å²) in [5.74, 6) is 0.772. The summed E-state index contributed by atoms with van der Waals surface area (Å²) < 4.78 is 6.39. The first kappa shape index (κ1) is 16.6. The lowest BCUT2D eigenvalue weighted by Gasteiger charge is -2.64. The van der Waals surface area contributed by atoms with E-state index < -0.39 is 16.6 Å². The summed E-state index contributed by atoms with van der Waals surface area (Å²) in [4.78, 5) is 2.34. The Balaban J connectivity index is 1.54. The average Bonchev–Trinajstić information content (AvgIpc) is 3.25. The van der Waals surface area contributed by atoms with Gasteiger partial charge in [0.15, 0.2) is 11.5 Å². The molecule has 2 unspecified atom stereocenters. The molecule has 1 aromatic carbocycles. The Kier molecular flexibility index (Phi) is 3.06. The zero-order valence-electron chi connectivity index (χ0n) is 15.7. The SMILES string of the molecule is CN[C@H]1CC[C@@]2(O)C3Cc4ccc(O)c5c4C2(CCN3CC2(O)CC2)[C@H]1O5. The molecular formula is C21H28N2O4. The normalized spacial score (nSPS) is 43.1. The molecule has 6 rings (SSSR count). The van der Waals surface area contributed by atoms with Crippen molar-refractivity contribution in [1.82, 2.24) is 10.2 Å². The minimum absolute atomic E-state index is 0.0113. The number of rotatable bonds is 3. The molecule has 2 bridgehead atoms. The maximum absolute atomic E-state index is 12.2. The molecule has 1 spiro atoms. The van der Waals surface area contributed by atoms with Gasteiger partial charge in [-0.3, -0.25) is 4.90 Å². The number of β-amino-alcohol motifs (C(OH)–C–C–N with tert-alkyl or cyclic N) is 1. The number of phenols is 1. The number of aromatic hydroxyl groups is 1. The molecule has 146 valence electrons. The first-order valence-corrected chi connectivity index (χ1v) is 10.3. The fraction of sp³-hybridized carbons (Fsp3) is 0.714. The predicted octanol–water partition coefficient (Wildman–Crippen LogP) is 0.659. The second-order valence-electron chi connectivity index (χ2n) is 9.48. The number of hydrogen-bond donors (Lipinski definition) is 4. The summed E-state index contributed by atoms with van der Waals surface area (Å²) in [5.41, 5.74) is 0.309. The molecule has 3 fully saturated rings. The van der Waals surface area contributed by atoms with Crippen LogP contribution in [0, 0.1) is 0 Å². The lowest BCUT2D eigenvalue weighted by Crippen LogP contribution is -2.78. The Hall–Kier alpha value is -1.34. The van der Waals surface area contributed by atoms with Crippen LogP contribution in [0.5, 0.6) is 11.5 Å². The van der Waals surface area contributed by atoms with E-state index in [4.69, 9.17) is 4.74 Å². The molecule has 27 heavy (non-hydrogen) atoms. The van der Waals surface area contributed by atoms with Crippen molar-refractivity contribution >= 4 is 0 Å². The van der Waals surface area contributed by atoms with Gasteiger partial charge in [-0.25, -0.2) is 0 Å². The number of piperidine rings is 1. The van der Waals surface area contributed by atoms with Crippen molar-refractivity contribution in [2.24, 2.45) is 0 Å². The number of benzene rings is 1. The van der Waals surface area contributed by atoms with Gasteiger partial charge in [0.2, 0.25) is 0 Å². The van der Waals surface area contributed by atoms with Crippen LogP contribution in [0.15, 0.2) is 12.1 Å². The molecule has 1 aromatic rings. The minimum Gasteiger partial charge on any atom is -0.504 e. The third-order valence-corrected chi connectivity index (χ3v) is 8.27. The Bertz CT molecular complexity index is 825. The zero-order valence-corrected chi connectivity index (χ0v) is 15.7. The number of nitrogens with one attached hydrogen (secondary N) is 1. The fourth-order valence-corrected chi connectivity index (χ4v) is 6.80. The highest BCUT2D eigenvalue weighted by Crippen LogP contribution is 2.65. The van der Waals surface area contributed by atoms with E-state index in [1.54, 1.807) is 6.07 Å². The minimum atomic E-state index is -0.888. The topological polar surface area (TPSA) is 85.2 Å². The number of likely N-dealkylation sites (tertiary alicyclic amines) is 1. The molecule has 6 nitrogen and oxygen atoms in total. The average molecular weight is 372 g/mol. The van der Waals surface area contributed by atoms with Gasteiger partial charge in [0.05, 0.1) is 16.6 Å². The summed E-state index contributed by atoms with van der Waals surface area (Å²) in [6, 6.07) is 3.88. The number of ether oxygens (including phenoxy) is 1. The van der Waals surface area contributed by atoms with Crippen molar-refractivity contribution in [3.8, 4) is 11.5 Å². The van der Waals surface area contributed by atoms with Crippen LogP contribution in [0.3, 0.4) is 0 Å². The standard InChI is InChI=1S/C21H28N2O4/c1-22-13-4-5-21(26)15-10-12-2-3-14(24)17-16(12)20(21,18(13)27-17)8-9-23(15)11-19(25)6-7-19/h2-3,13,15,18,22,24-26H,4-11H2,1H3/t13-,15?,18-,20?,21+/m0/s1. The van der Waals surface area contributed by atoms with Crippen molar-refractivity contribution < 1.29 is 20.1 Å². The molecule has 0 amide bonds. The van der Waals surface area contributed by atoms with Gasteiger partial charge in [0.25, 0.3) is 0 Å². The number of phenolic OH excluding ortho intramolecular Hbond substituents is 1. The van der Waals surface area contributed by atoms with E-state index in [9.17, 15) is 15.3 Å². The number of nitrogens with zero attached hydrogens (tertiary/aromatic N) is 1. The van der Waals surface area contributed by atoms with Crippen LogP contribution in [0.2, 0.25) is 0 Å². The van der Waals surface area contributed by atoms with Crippen LogP contribution >= 0.6 is 0 Å². The Morgan fingerprint density at radius 2 is 2.04 bits per heavy atom. The largest absolute Gasteiger partial charge is 0.504 e. The van der Waals surface area contributed by atoms with E-state index in [2.05, 4.69) is 10.2 Å². The summed E-state index contributed by atoms with van der Waals surface area (Å²) in [5, 5.41) is 36.6. The van der Waals surface area contributed by atoms with Crippen molar-refractivity contribution in [1.29, 1.82) is 0 Å². The summed E-state index contributed by atoms with van der Waals surface area (Å²) in [7, 11) is 1.96. The first-order valence-electron chi connectivity index (χ1n) is 10.3. The maximum atomic E-state index is 12.2. The van der Waals surface area contributed by atoms with E-state index in [-0.39, 0.29) is 23.9 Å². The predicted molar refractivity (Wildman–Crippen MR) is 99.1 cm³/mol. The van der Waals surface area contributed by atoms with Gasteiger partial charge >= 0.3 is 0 Å². The molecule has 5 atom stereocenters. The number of hydrogen-bond acceptors (Lipinski definition) is 6. The molecule has 2 saturated carbocycles. The molecule has 4 N–H and O–H groups in total. The van der Waals surface area contributed by atoms with Crippen LogP contribution in [0.25, 0.3) is 0 Å². The first-order chi connectivity index (χ1) is 12.9. The molecular weight excluding hydrogens is 344 g/mol. The monoisotopic (exact) mass is 372 g/mol. The summed E-state index contributed by atoms with van der Waals surface area (Å²) in [6.07, 6.45) is 4.66. The van der Waals surface area contributed by atoms with Crippen LogP contribution in [-0.4, -0.2) is 69.7 Å². The van der Waals surface area contributed by atoms with Crippen molar-refractivity contribution in [3.63, 3.8) is 0 Å². The lowest BCUT2D eigenvalue weighted by atomic mass is 9.48. The highest BCUT2D eigenvalue weighted by atomic mass is 16.5. The number of aliphatic hydroxyl groups is 2. The summed E-state index contributed by atoms with van der Waals surface area (Å²) in [6.45, 7) is 1.50. The molecule has 2 aliphatic heterocycles. The third-order valence-electron chi connectivity index (χ3n) is 8.27. The fourth-order valence-electron chi connectivity index (χ4n) is 6.80. The van der Waals surface area contributed by atoms with Crippen LogP contribution in [-0.2, 0) is 11.8 Å². The van der Waals surface area contributed by atoms with Gasteiger partial charge in [-0.15, -0.1) is 0 Å². The smallest absolute Gasteiger partial charge is 0.165 e. The van der Waals surface area contributed by atoms with E-state index in [1.165, 1.54) is 5.56 Å². The Labute approximate surface area is 159 Å². The van der Waals surface area contributed by atoms with Crippen molar-refractivity contribution in [3.05, 3.63) is 23.3 Å². The molecule has 6 heteroatoms. The molecule has 0 aromatic heterocycles. The highest BCUT2D eigenvalue weighted by Gasteiger charge is 2.73. The van der Waals surface area contributed by atoms with Crippen LogP contribution < -0.4 is 10.1 Å². The highest BCUT2D eigenvalue weighted by molar-refractivity contribution is 5.62. The van der Waals surface area contributed by atoms with E-state index >= 15 is 0 Å². The molecule has 1 saturated heterocycles. The van der Waals surface area contributed by atoms with E-state index in [1.807, 2.05) is 13.1 Å². The third kappa shape index (κ3) is 1.85. The van der Waals surface area contributed by atoms with Crippen molar-refractivity contribution in [2.45, 2.75) is 73.3 Å². The molecule has 3 aliphatic carbocycles. The van der Waals surface area contributed by atoms with Gasteiger partial charge in [-0.1, -0.05) is 6.07 Å². The van der Waals surface area contributed by atoms with Crippen molar-refractivity contribution in [2.75, 3.05) is 20.1 Å². The maximum Gasteiger partial charge on any atom is 0.165 e. The van der Waals surface area contributed by atoms with Crippen LogP contribution in [0.1, 0.15) is 43.2 Å². The van der Waals surface area contributed by atoms with Gasteiger partial charge < -0.3 is 25.4 Å². The van der Waals surface area contributed by atoms with Crippen LogP contribution in [0.4, 0.5) is 0 Å². The second-order valence-corrected chi connectivity index (χ2v) is 9.48.